The van der Waals surface area contributed by atoms with Crippen molar-refractivity contribution in [3.8, 4) is 0 Å². The van der Waals surface area contributed by atoms with Crippen LogP contribution in [-0.2, 0) is 14.3 Å². The number of hydrogen-bond donors (Lipinski definition) is 1. The van der Waals surface area contributed by atoms with Gasteiger partial charge in [0.1, 0.15) is 0 Å². The molecule has 1 saturated heterocycles. The van der Waals surface area contributed by atoms with Crippen molar-refractivity contribution in [2.45, 2.75) is 83.5 Å². The molecule has 140 valence electrons. The molecule has 1 heterocycles. The van der Waals surface area contributed by atoms with Crippen LogP contribution in [0.25, 0.3) is 0 Å². The van der Waals surface area contributed by atoms with Crippen LogP contribution < -0.4 is 5.32 Å². The van der Waals surface area contributed by atoms with E-state index in [9.17, 15) is 4.79 Å². The van der Waals surface area contributed by atoms with Crippen LogP contribution in [0.3, 0.4) is 0 Å². The summed E-state index contributed by atoms with van der Waals surface area (Å²) in [6.07, 6.45) is 10.1. The first kappa shape index (κ1) is 19.7. The summed E-state index contributed by atoms with van der Waals surface area (Å²) in [5.41, 5.74) is 0. The standard InChI is InChI=1S/C19H36N2O3/c1-3-16-15-21(12-14-24-16)18(4-2)19(22)20-11-13-23-17-9-7-5-6-8-10-17/h16-18H,3-15H2,1-2H3,(H,20,22). The molecule has 0 aromatic carbocycles. The second-order valence-electron chi connectivity index (χ2n) is 7.10. The number of hydrogen-bond acceptors (Lipinski definition) is 4. The molecule has 1 amide bonds. The molecule has 0 aromatic rings. The Bertz CT molecular complexity index is 357. The Hall–Kier alpha value is -0.650. The predicted octanol–water partition coefficient (Wildman–Crippen LogP) is 2.73. The van der Waals surface area contributed by atoms with Crippen LogP contribution in [0, 0.1) is 0 Å². The molecule has 5 nitrogen and oxygen atoms in total. The van der Waals surface area contributed by atoms with Gasteiger partial charge in [-0.15, -0.1) is 0 Å². The third kappa shape index (κ3) is 6.34. The molecule has 2 rings (SSSR count). The van der Waals surface area contributed by atoms with Gasteiger partial charge in [0.15, 0.2) is 0 Å². The van der Waals surface area contributed by atoms with Gasteiger partial charge >= 0.3 is 0 Å². The minimum Gasteiger partial charge on any atom is -0.376 e. The Morgan fingerprint density at radius 2 is 2.00 bits per heavy atom. The van der Waals surface area contributed by atoms with Crippen LogP contribution in [0.1, 0.15) is 65.2 Å². The summed E-state index contributed by atoms with van der Waals surface area (Å²) in [7, 11) is 0. The summed E-state index contributed by atoms with van der Waals surface area (Å²) in [6, 6.07) is -0.0409. The molecule has 1 saturated carbocycles. The number of ether oxygens (including phenoxy) is 2. The first-order valence-corrected chi connectivity index (χ1v) is 9.99. The van der Waals surface area contributed by atoms with Gasteiger partial charge in [-0.25, -0.2) is 0 Å². The van der Waals surface area contributed by atoms with Crippen molar-refractivity contribution in [3.63, 3.8) is 0 Å². The van der Waals surface area contributed by atoms with Gasteiger partial charge in [0.05, 0.1) is 31.5 Å². The molecule has 5 heteroatoms. The van der Waals surface area contributed by atoms with E-state index in [2.05, 4.69) is 24.1 Å². The second-order valence-corrected chi connectivity index (χ2v) is 7.10. The van der Waals surface area contributed by atoms with Crippen LogP contribution in [-0.4, -0.2) is 61.9 Å². The van der Waals surface area contributed by atoms with Gasteiger partial charge in [0.25, 0.3) is 0 Å². The maximum Gasteiger partial charge on any atom is 0.237 e. The molecule has 0 radical (unpaired) electrons. The molecular weight excluding hydrogens is 304 g/mol. The van der Waals surface area contributed by atoms with E-state index in [0.29, 0.717) is 19.3 Å². The minimum absolute atomic E-state index is 0.0409. The van der Waals surface area contributed by atoms with Gasteiger partial charge in [0.2, 0.25) is 5.91 Å². The Labute approximate surface area is 147 Å². The number of nitrogens with one attached hydrogen (secondary N) is 1. The van der Waals surface area contributed by atoms with Crippen molar-refractivity contribution in [2.75, 3.05) is 32.8 Å². The Balaban J connectivity index is 1.67. The molecule has 1 aliphatic carbocycles. The average molecular weight is 341 g/mol. The highest BCUT2D eigenvalue weighted by Gasteiger charge is 2.28. The second kappa shape index (κ2) is 11.1. The fourth-order valence-electron chi connectivity index (χ4n) is 3.81. The summed E-state index contributed by atoms with van der Waals surface area (Å²) in [6.45, 7) is 7.92. The lowest BCUT2D eigenvalue weighted by molar-refractivity contribution is -0.130. The quantitative estimate of drug-likeness (QED) is 0.545. The highest BCUT2D eigenvalue weighted by atomic mass is 16.5. The molecule has 0 bridgehead atoms. The van der Waals surface area contributed by atoms with Crippen LogP contribution in [0.2, 0.25) is 0 Å². The first-order valence-electron chi connectivity index (χ1n) is 9.99. The number of carbonyl (C=O) groups is 1. The van der Waals surface area contributed by atoms with Crippen LogP contribution >= 0.6 is 0 Å². The van der Waals surface area contributed by atoms with Crippen molar-refractivity contribution < 1.29 is 14.3 Å². The van der Waals surface area contributed by atoms with Crippen molar-refractivity contribution in [3.05, 3.63) is 0 Å². The van der Waals surface area contributed by atoms with E-state index in [1.807, 2.05) is 0 Å². The van der Waals surface area contributed by atoms with E-state index in [-0.39, 0.29) is 18.1 Å². The number of morpholine rings is 1. The maximum absolute atomic E-state index is 12.5. The van der Waals surface area contributed by atoms with E-state index < -0.39 is 0 Å². The van der Waals surface area contributed by atoms with Crippen molar-refractivity contribution >= 4 is 5.91 Å². The van der Waals surface area contributed by atoms with E-state index in [1.54, 1.807) is 0 Å². The maximum atomic E-state index is 12.5. The van der Waals surface area contributed by atoms with E-state index in [0.717, 1.165) is 32.5 Å². The van der Waals surface area contributed by atoms with E-state index in [4.69, 9.17) is 9.47 Å². The van der Waals surface area contributed by atoms with Crippen LogP contribution in [0.5, 0.6) is 0 Å². The third-order valence-electron chi connectivity index (χ3n) is 5.31. The van der Waals surface area contributed by atoms with Gasteiger partial charge < -0.3 is 14.8 Å². The van der Waals surface area contributed by atoms with E-state index >= 15 is 0 Å². The number of nitrogens with zero attached hydrogens (tertiary/aromatic N) is 1. The molecule has 2 aliphatic rings. The highest BCUT2D eigenvalue weighted by molar-refractivity contribution is 5.81. The lowest BCUT2D eigenvalue weighted by Crippen LogP contribution is -2.53. The molecule has 0 aromatic heterocycles. The topological polar surface area (TPSA) is 50.8 Å². The monoisotopic (exact) mass is 340 g/mol. The fourth-order valence-corrected chi connectivity index (χ4v) is 3.81. The SMILES string of the molecule is CCC1CN(C(CC)C(=O)NCCOC2CCCCCC2)CCO1. The zero-order valence-corrected chi connectivity index (χ0v) is 15.6. The zero-order chi connectivity index (χ0) is 17.2. The molecule has 1 N–H and O–H groups in total. The third-order valence-corrected chi connectivity index (χ3v) is 5.31. The summed E-state index contributed by atoms with van der Waals surface area (Å²) in [5, 5.41) is 3.07. The van der Waals surface area contributed by atoms with Crippen LogP contribution in [0.4, 0.5) is 0 Å². The highest BCUT2D eigenvalue weighted by Crippen LogP contribution is 2.19. The first-order chi connectivity index (χ1) is 11.7. The predicted molar refractivity (Wildman–Crippen MR) is 96.1 cm³/mol. The fraction of sp³-hybridized carbons (Fsp3) is 0.947. The van der Waals surface area contributed by atoms with Crippen molar-refractivity contribution in [1.82, 2.24) is 10.2 Å². The lowest BCUT2D eigenvalue weighted by Gasteiger charge is -2.37. The van der Waals surface area contributed by atoms with Crippen LogP contribution in [0.15, 0.2) is 0 Å². The Kier molecular flexibility index (Phi) is 9.07. The molecule has 24 heavy (non-hydrogen) atoms. The lowest BCUT2D eigenvalue weighted by atomic mass is 10.1. The van der Waals surface area contributed by atoms with Gasteiger partial charge in [-0.05, 0) is 25.7 Å². The normalized spacial score (nSPS) is 25.2. The molecule has 2 atom stereocenters. The summed E-state index contributed by atoms with van der Waals surface area (Å²) in [4.78, 5) is 14.8. The number of amides is 1. The number of carbonyl (C=O) groups excluding carboxylic acids is 1. The van der Waals surface area contributed by atoms with Crippen molar-refractivity contribution in [1.29, 1.82) is 0 Å². The van der Waals surface area contributed by atoms with Crippen molar-refractivity contribution in [2.24, 2.45) is 0 Å². The Morgan fingerprint density at radius 1 is 1.25 bits per heavy atom. The average Bonchev–Trinajstić information content (AvgIpc) is 2.88. The summed E-state index contributed by atoms with van der Waals surface area (Å²) in [5.74, 6) is 0.138. The molecular formula is C19H36N2O3. The van der Waals surface area contributed by atoms with Gasteiger partial charge in [-0.1, -0.05) is 39.5 Å². The Morgan fingerprint density at radius 3 is 2.67 bits per heavy atom. The smallest absolute Gasteiger partial charge is 0.237 e. The summed E-state index contributed by atoms with van der Waals surface area (Å²) < 4.78 is 11.7. The molecule has 0 spiro atoms. The zero-order valence-electron chi connectivity index (χ0n) is 15.6. The number of rotatable bonds is 8. The molecule has 2 unspecified atom stereocenters. The molecule has 1 aliphatic heterocycles. The largest absolute Gasteiger partial charge is 0.376 e. The summed E-state index contributed by atoms with van der Waals surface area (Å²) >= 11 is 0. The van der Waals surface area contributed by atoms with Gasteiger partial charge in [-0.3, -0.25) is 9.69 Å². The van der Waals surface area contributed by atoms with Gasteiger partial charge in [-0.2, -0.15) is 0 Å². The molecule has 2 fully saturated rings. The van der Waals surface area contributed by atoms with E-state index in [1.165, 1.54) is 38.5 Å². The minimum atomic E-state index is -0.0409. The van der Waals surface area contributed by atoms with Gasteiger partial charge in [0, 0.05) is 19.6 Å².